The Labute approximate surface area is 114 Å². The summed E-state index contributed by atoms with van der Waals surface area (Å²) in [5, 5.41) is 0. The first-order valence-corrected chi connectivity index (χ1v) is 6.29. The van der Waals surface area contributed by atoms with Crippen molar-refractivity contribution < 1.29 is 4.79 Å². The number of nitrogens with zero attached hydrogens (tertiary/aromatic N) is 1. The van der Waals surface area contributed by atoms with Gasteiger partial charge in [0, 0.05) is 19.2 Å². The van der Waals surface area contributed by atoms with E-state index in [2.05, 4.69) is 0 Å². The maximum absolute atomic E-state index is 12.1. The lowest BCUT2D eigenvalue weighted by Crippen LogP contribution is -2.26. The molecule has 0 saturated carbocycles. The van der Waals surface area contributed by atoms with Crippen molar-refractivity contribution in [3.05, 3.63) is 77.9 Å². The van der Waals surface area contributed by atoms with Crippen molar-refractivity contribution in [3.63, 3.8) is 0 Å². The van der Waals surface area contributed by atoms with Crippen molar-refractivity contribution >= 4 is 12.0 Å². The molecule has 0 fully saturated rings. The highest BCUT2D eigenvalue weighted by molar-refractivity contribution is 5.94. The van der Waals surface area contributed by atoms with Gasteiger partial charge < -0.3 is 4.90 Å². The highest BCUT2D eigenvalue weighted by atomic mass is 16.2. The van der Waals surface area contributed by atoms with Gasteiger partial charge in [0.1, 0.15) is 0 Å². The van der Waals surface area contributed by atoms with Crippen LogP contribution in [0, 0.1) is 0 Å². The molecule has 2 aromatic rings. The summed E-state index contributed by atoms with van der Waals surface area (Å²) in [7, 11) is 1.81. The normalized spacial score (nSPS) is 10.6. The Morgan fingerprint density at radius 3 is 2.21 bits per heavy atom. The summed E-state index contributed by atoms with van der Waals surface area (Å²) in [6, 6.07) is 19.4. The molecule has 0 radical (unpaired) electrons. The number of carbonyl (C=O) groups excluding carboxylic acids is 1. The molecule has 0 heterocycles. The molecule has 0 aliphatic rings. The second-order valence-electron chi connectivity index (χ2n) is 4.36. The van der Waals surface area contributed by atoms with Gasteiger partial charge in [-0.2, -0.15) is 0 Å². The Balaban J connectivity index is 1.93. The van der Waals surface area contributed by atoms with Crippen LogP contribution >= 0.6 is 0 Å². The molecule has 96 valence electrons. The van der Waals surface area contributed by atoms with E-state index < -0.39 is 0 Å². The van der Waals surface area contributed by atoms with Crippen molar-refractivity contribution in [2.24, 2.45) is 0 Å². The average Bonchev–Trinajstić information content (AvgIpc) is 2.48. The van der Waals surface area contributed by atoms with Gasteiger partial charge in [0.25, 0.3) is 5.91 Å². The molecule has 2 rings (SSSR count). The van der Waals surface area contributed by atoms with Crippen molar-refractivity contribution in [2.45, 2.75) is 0 Å². The molecule has 19 heavy (non-hydrogen) atoms. The van der Waals surface area contributed by atoms with Gasteiger partial charge >= 0.3 is 0 Å². The summed E-state index contributed by atoms with van der Waals surface area (Å²) in [6.45, 7) is 0.600. The number of hydrogen-bond donors (Lipinski definition) is 0. The summed E-state index contributed by atoms with van der Waals surface area (Å²) in [5.74, 6) is 0.0401. The van der Waals surface area contributed by atoms with Gasteiger partial charge in [0.2, 0.25) is 0 Å². The zero-order valence-corrected chi connectivity index (χ0v) is 11.0. The third-order valence-electron chi connectivity index (χ3n) is 2.86. The largest absolute Gasteiger partial charge is 0.338 e. The Bertz CT molecular complexity index is 546. The van der Waals surface area contributed by atoms with Crippen LogP contribution in [0.3, 0.4) is 0 Å². The van der Waals surface area contributed by atoms with E-state index in [4.69, 9.17) is 0 Å². The first kappa shape index (κ1) is 13.1. The first-order valence-electron chi connectivity index (χ1n) is 6.29. The lowest BCUT2D eigenvalue weighted by Gasteiger charge is -2.14. The van der Waals surface area contributed by atoms with Crippen molar-refractivity contribution in [2.75, 3.05) is 13.6 Å². The predicted molar refractivity (Wildman–Crippen MR) is 78.9 cm³/mol. The molecule has 0 aromatic heterocycles. The number of carbonyl (C=O) groups is 1. The van der Waals surface area contributed by atoms with Gasteiger partial charge in [0.15, 0.2) is 0 Å². The number of amides is 1. The third-order valence-corrected chi connectivity index (χ3v) is 2.86. The first-order chi connectivity index (χ1) is 9.27. The molecule has 0 aliphatic heterocycles. The Morgan fingerprint density at radius 2 is 1.58 bits per heavy atom. The van der Waals surface area contributed by atoms with Gasteiger partial charge in [-0.1, -0.05) is 60.7 Å². The topological polar surface area (TPSA) is 20.3 Å². The highest BCUT2D eigenvalue weighted by Crippen LogP contribution is 2.04. The minimum absolute atomic E-state index is 0.0401. The number of likely N-dealkylation sites (N-methyl/N-ethyl adjacent to an activating group) is 1. The Morgan fingerprint density at radius 1 is 1.00 bits per heavy atom. The molecule has 2 heteroatoms. The van der Waals surface area contributed by atoms with E-state index in [1.807, 2.05) is 79.9 Å². The monoisotopic (exact) mass is 251 g/mol. The molecule has 0 atom stereocenters. The molecule has 0 unspecified atom stereocenters. The third kappa shape index (κ3) is 3.81. The molecular formula is C17H17NO. The second-order valence-corrected chi connectivity index (χ2v) is 4.36. The minimum Gasteiger partial charge on any atom is -0.338 e. The molecular weight excluding hydrogens is 234 g/mol. The van der Waals surface area contributed by atoms with Crippen molar-refractivity contribution in [1.29, 1.82) is 0 Å². The van der Waals surface area contributed by atoms with Gasteiger partial charge in [0.05, 0.1) is 0 Å². The minimum atomic E-state index is 0.0401. The number of benzene rings is 2. The van der Waals surface area contributed by atoms with Crippen LogP contribution in [0.25, 0.3) is 6.08 Å². The number of rotatable bonds is 4. The second kappa shape index (κ2) is 6.55. The van der Waals surface area contributed by atoms with E-state index in [0.29, 0.717) is 6.54 Å². The molecule has 0 aliphatic carbocycles. The summed E-state index contributed by atoms with van der Waals surface area (Å²) in [4.78, 5) is 13.8. The van der Waals surface area contributed by atoms with Crippen LogP contribution in [0.2, 0.25) is 0 Å². The molecule has 0 saturated heterocycles. The van der Waals surface area contributed by atoms with E-state index in [0.717, 1.165) is 11.1 Å². The average molecular weight is 251 g/mol. The Kier molecular flexibility index (Phi) is 4.51. The smallest absolute Gasteiger partial charge is 0.253 e. The summed E-state index contributed by atoms with van der Waals surface area (Å²) >= 11 is 0. The molecule has 0 bridgehead atoms. The Hall–Kier alpha value is -2.35. The van der Waals surface area contributed by atoms with Crippen LogP contribution in [0.4, 0.5) is 0 Å². The summed E-state index contributed by atoms with van der Waals surface area (Å²) < 4.78 is 0. The van der Waals surface area contributed by atoms with Crippen LogP contribution in [-0.4, -0.2) is 24.4 Å². The van der Waals surface area contributed by atoms with Gasteiger partial charge in [-0.05, 0) is 17.7 Å². The predicted octanol–water partition coefficient (Wildman–Crippen LogP) is 3.47. The lowest BCUT2D eigenvalue weighted by molar-refractivity contribution is 0.0810. The SMILES string of the molecule is CN(CC=Cc1ccccc1)C(=O)c1ccccc1. The number of hydrogen-bond acceptors (Lipinski definition) is 1. The fourth-order valence-corrected chi connectivity index (χ4v) is 1.80. The maximum Gasteiger partial charge on any atom is 0.253 e. The van der Waals surface area contributed by atoms with Crippen LogP contribution in [0.5, 0.6) is 0 Å². The van der Waals surface area contributed by atoms with E-state index in [1.54, 1.807) is 4.90 Å². The highest BCUT2D eigenvalue weighted by Gasteiger charge is 2.08. The van der Waals surface area contributed by atoms with Crippen LogP contribution in [0.1, 0.15) is 15.9 Å². The molecule has 0 N–H and O–H groups in total. The molecule has 2 nitrogen and oxygen atoms in total. The fourth-order valence-electron chi connectivity index (χ4n) is 1.80. The van der Waals surface area contributed by atoms with Gasteiger partial charge in [-0.25, -0.2) is 0 Å². The van der Waals surface area contributed by atoms with E-state index in [9.17, 15) is 4.79 Å². The van der Waals surface area contributed by atoms with Crippen molar-refractivity contribution in [1.82, 2.24) is 4.90 Å². The fraction of sp³-hybridized carbons (Fsp3) is 0.118. The zero-order valence-electron chi connectivity index (χ0n) is 11.0. The molecule has 2 aromatic carbocycles. The summed E-state index contributed by atoms with van der Waals surface area (Å²) in [6.07, 6.45) is 4.02. The van der Waals surface area contributed by atoms with Crippen LogP contribution in [-0.2, 0) is 0 Å². The maximum atomic E-state index is 12.1. The standard InChI is InChI=1S/C17H17NO/c1-18(17(19)16-12-6-3-7-13-16)14-8-11-15-9-4-2-5-10-15/h2-13H,14H2,1H3. The lowest BCUT2D eigenvalue weighted by atomic mass is 10.2. The molecule has 1 amide bonds. The van der Waals surface area contributed by atoms with E-state index in [1.165, 1.54) is 0 Å². The quantitative estimate of drug-likeness (QED) is 0.814. The van der Waals surface area contributed by atoms with E-state index >= 15 is 0 Å². The van der Waals surface area contributed by atoms with Crippen molar-refractivity contribution in [3.8, 4) is 0 Å². The van der Waals surface area contributed by atoms with Gasteiger partial charge in [-0.15, -0.1) is 0 Å². The van der Waals surface area contributed by atoms with Crippen LogP contribution < -0.4 is 0 Å². The summed E-state index contributed by atoms with van der Waals surface area (Å²) in [5.41, 5.74) is 1.86. The van der Waals surface area contributed by atoms with Crippen LogP contribution in [0.15, 0.2) is 66.7 Å². The zero-order chi connectivity index (χ0) is 13.5. The van der Waals surface area contributed by atoms with Gasteiger partial charge in [-0.3, -0.25) is 4.79 Å². The van der Waals surface area contributed by atoms with E-state index in [-0.39, 0.29) is 5.91 Å². The molecule has 0 spiro atoms.